The van der Waals surface area contributed by atoms with E-state index >= 15 is 0 Å². The first-order chi connectivity index (χ1) is 7.74. The number of nitrogens with one attached hydrogen (secondary N) is 1. The lowest BCUT2D eigenvalue weighted by Crippen LogP contribution is -2.20. The lowest BCUT2D eigenvalue weighted by atomic mass is 10.5. The smallest absolute Gasteiger partial charge is 0.248 e. The number of halogens is 1. The van der Waals surface area contributed by atoms with E-state index in [2.05, 4.69) is 20.4 Å². The second kappa shape index (κ2) is 4.71. The average molecular weight is 238 g/mol. The highest BCUT2D eigenvalue weighted by Gasteiger charge is 2.05. The first-order valence-electron chi connectivity index (χ1n) is 4.50. The molecule has 0 aliphatic carbocycles. The molecule has 16 heavy (non-hydrogen) atoms. The van der Waals surface area contributed by atoms with Crippen LogP contribution in [-0.2, 0) is 11.3 Å². The zero-order chi connectivity index (χ0) is 11.4. The van der Waals surface area contributed by atoms with E-state index in [1.807, 2.05) is 0 Å². The highest BCUT2D eigenvalue weighted by atomic mass is 35.5. The monoisotopic (exact) mass is 237 g/mol. The Morgan fingerprint density at radius 1 is 1.50 bits per heavy atom. The minimum Gasteiger partial charge on any atom is -0.293 e. The second-order valence-corrected chi connectivity index (χ2v) is 3.34. The molecule has 0 radical (unpaired) electrons. The molecule has 0 atom stereocenters. The molecule has 2 aromatic rings. The number of hydrogen-bond acceptors (Lipinski definition) is 4. The summed E-state index contributed by atoms with van der Waals surface area (Å²) in [4.78, 5) is 19.2. The maximum atomic E-state index is 11.5. The van der Waals surface area contributed by atoms with Crippen LogP contribution in [0.15, 0.2) is 30.7 Å². The molecule has 2 heterocycles. The lowest BCUT2D eigenvalue weighted by Gasteiger charge is -2.03. The number of hydrogen-bond donors (Lipinski definition) is 1. The van der Waals surface area contributed by atoms with Gasteiger partial charge in [-0.1, -0.05) is 11.6 Å². The van der Waals surface area contributed by atoms with E-state index in [9.17, 15) is 4.79 Å². The van der Waals surface area contributed by atoms with Gasteiger partial charge in [0.25, 0.3) is 0 Å². The van der Waals surface area contributed by atoms with E-state index in [1.165, 1.54) is 16.9 Å². The molecule has 0 spiro atoms. The number of carbonyl (C=O) groups excluding carboxylic acids is 1. The fourth-order valence-corrected chi connectivity index (χ4v) is 1.24. The van der Waals surface area contributed by atoms with Crippen molar-refractivity contribution in [2.24, 2.45) is 0 Å². The van der Waals surface area contributed by atoms with Gasteiger partial charge in [0.1, 0.15) is 11.7 Å². The Morgan fingerprint density at radius 3 is 3.06 bits per heavy atom. The molecule has 0 unspecified atom stereocenters. The summed E-state index contributed by atoms with van der Waals surface area (Å²) in [6.07, 6.45) is 4.76. The number of carbonyl (C=O) groups is 1. The molecule has 0 saturated carbocycles. The zero-order valence-corrected chi connectivity index (χ0v) is 8.92. The summed E-state index contributed by atoms with van der Waals surface area (Å²) in [5, 5.41) is 6.70. The van der Waals surface area contributed by atoms with Gasteiger partial charge in [0.2, 0.25) is 11.9 Å². The van der Waals surface area contributed by atoms with Gasteiger partial charge in [-0.25, -0.2) is 9.97 Å². The predicted molar refractivity (Wildman–Crippen MR) is 57.9 cm³/mol. The van der Waals surface area contributed by atoms with Crippen molar-refractivity contribution in [2.45, 2.75) is 6.54 Å². The van der Waals surface area contributed by atoms with E-state index in [0.29, 0.717) is 0 Å². The van der Waals surface area contributed by atoms with Gasteiger partial charge < -0.3 is 0 Å². The van der Waals surface area contributed by atoms with Crippen molar-refractivity contribution >= 4 is 23.5 Å². The molecule has 6 nitrogen and oxygen atoms in total. The molecular formula is C9H8ClN5O. The maximum Gasteiger partial charge on any atom is 0.248 e. The summed E-state index contributed by atoms with van der Waals surface area (Å²) in [5.41, 5.74) is 0. The van der Waals surface area contributed by atoms with Crippen molar-refractivity contribution in [3.63, 3.8) is 0 Å². The minimum absolute atomic E-state index is 0.114. The quantitative estimate of drug-likeness (QED) is 0.808. The SMILES string of the molecule is O=C(Cn1cccn1)Nc1nccc(Cl)n1. The second-order valence-electron chi connectivity index (χ2n) is 2.95. The van der Waals surface area contributed by atoms with Gasteiger partial charge in [0.05, 0.1) is 0 Å². The molecule has 2 rings (SSSR count). The molecule has 1 N–H and O–H groups in total. The Bertz CT molecular complexity index is 484. The van der Waals surface area contributed by atoms with Crippen LogP contribution in [0.5, 0.6) is 0 Å². The molecule has 0 aliphatic heterocycles. The molecule has 0 saturated heterocycles. The molecule has 0 fully saturated rings. The van der Waals surface area contributed by atoms with Gasteiger partial charge in [-0.2, -0.15) is 5.10 Å². The molecule has 2 aromatic heterocycles. The van der Waals surface area contributed by atoms with E-state index in [4.69, 9.17) is 11.6 Å². The summed E-state index contributed by atoms with van der Waals surface area (Å²) in [6, 6.07) is 3.27. The number of aromatic nitrogens is 4. The molecular weight excluding hydrogens is 230 g/mol. The zero-order valence-electron chi connectivity index (χ0n) is 8.17. The lowest BCUT2D eigenvalue weighted by molar-refractivity contribution is -0.116. The number of nitrogens with zero attached hydrogens (tertiary/aromatic N) is 4. The van der Waals surface area contributed by atoms with Crippen LogP contribution in [-0.4, -0.2) is 25.7 Å². The first-order valence-corrected chi connectivity index (χ1v) is 4.87. The Balaban J connectivity index is 1.97. The van der Waals surface area contributed by atoms with E-state index in [0.717, 1.165) is 0 Å². The average Bonchev–Trinajstić information content (AvgIpc) is 2.70. The third kappa shape index (κ3) is 2.77. The predicted octanol–water partition coefficient (Wildman–Crippen LogP) is 0.965. The van der Waals surface area contributed by atoms with E-state index in [-0.39, 0.29) is 23.6 Å². The van der Waals surface area contributed by atoms with Gasteiger partial charge in [-0.05, 0) is 12.1 Å². The van der Waals surface area contributed by atoms with Gasteiger partial charge in [0, 0.05) is 18.6 Å². The number of anilines is 1. The van der Waals surface area contributed by atoms with Gasteiger partial charge in [0.15, 0.2) is 0 Å². The van der Waals surface area contributed by atoms with Crippen LogP contribution < -0.4 is 5.32 Å². The van der Waals surface area contributed by atoms with Gasteiger partial charge in [-0.15, -0.1) is 0 Å². The molecule has 0 aliphatic rings. The van der Waals surface area contributed by atoms with Gasteiger partial charge in [-0.3, -0.25) is 14.8 Å². The largest absolute Gasteiger partial charge is 0.293 e. The van der Waals surface area contributed by atoms with Crippen molar-refractivity contribution < 1.29 is 4.79 Å². The van der Waals surface area contributed by atoms with E-state index < -0.39 is 0 Å². The topological polar surface area (TPSA) is 72.7 Å². The number of rotatable bonds is 3. The van der Waals surface area contributed by atoms with Crippen LogP contribution in [0.4, 0.5) is 5.95 Å². The Labute approximate surface area is 96.3 Å². The standard InChI is InChI=1S/C9H8ClN5O/c10-7-2-4-11-9(13-7)14-8(16)6-15-5-1-3-12-15/h1-5H,6H2,(H,11,13,14,16). The van der Waals surface area contributed by atoms with Crippen molar-refractivity contribution in [3.8, 4) is 0 Å². The molecule has 1 amide bonds. The fourth-order valence-electron chi connectivity index (χ4n) is 1.10. The third-order valence-electron chi connectivity index (χ3n) is 1.74. The van der Waals surface area contributed by atoms with Crippen LogP contribution in [0.25, 0.3) is 0 Å². The number of amides is 1. The minimum atomic E-state index is -0.258. The molecule has 0 aromatic carbocycles. The van der Waals surface area contributed by atoms with Crippen LogP contribution in [0.1, 0.15) is 0 Å². The summed E-state index contributed by atoms with van der Waals surface area (Å²) in [7, 11) is 0. The van der Waals surface area contributed by atoms with Crippen LogP contribution in [0, 0.1) is 0 Å². The third-order valence-corrected chi connectivity index (χ3v) is 1.95. The normalized spacial score (nSPS) is 10.1. The van der Waals surface area contributed by atoms with E-state index in [1.54, 1.807) is 18.5 Å². The van der Waals surface area contributed by atoms with Crippen molar-refractivity contribution in [3.05, 3.63) is 35.9 Å². The highest BCUT2D eigenvalue weighted by molar-refractivity contribution is 6.29. The van der Waals surface area contributed by atoms with Crippen LogP contribution in [0.3, 0.4) is 0 Å². The Morgan fingerprint density at radius 2 is 2.38 bits per heavy atom. The highest BCUT2D eigenvalue weighted by Crippen LogP contribution is 2.05. The Hall–Kier alpha value is -1.95. The van der Waals surface area contributed by atoms with Crippen molar-refractivity contribution in [1.82, 2.24) is 19.7 Å². The first kappa shape index (κ1) is 10.6. The van der Waals surface area contributed by atoms with Crippen molar-refractivity contribution in [2.75, 3.05) is 5.32 Å². The molecule has 82 valence electrons. The van der Waals surface area contributed by atoms with Crippen LogP contribution >= 0.6 is 11.6 Å². The molecule has 7 heteroatoms. The summed E-state index contributed by atoms with van der Waals surface area (Å²) in [6.45, 7) is 0.114. The molecule has 0 bridgehead atoms. The van der Waals surface area contributed by atoms with Crippen molar-refractivity contribution in [1.29, 1.82) is 0 Å². The Kier molecular flexibility index (Phi) is 3.11. The summed E-state index contributed by atoms with van der Waals surface area (Å²) in [5.74, 6) is -0.0735. The maximum absolute atomic E-state index is 11.5. The fraction of sp³-hybridized carbons (Fsp3) is 0.111. The van der Waals surface area contributed by atoms with Crippen LogP contribution in [0.2, 0.25) is 5.15 Å². The summed E-state index contributed by atoms with van der Waals surface area (Å²) >= 11 is 5.65. The summed E-state index contributed by atoms with van der Waals surface area (Å²) < 4.78 is 1.50. The van der Waals surface area contributed by atoms with Gasteiger partial charge >= 0.3 is 0 Å².